The minimum atomic E-state index is -1.25. The van der Waals surface area contributed by atoms with Crippen molar-refractivity contribution in [3.63, 3.8) is 0 Å². The molecule has 2 amide bonds. The topological polar surface area (TPSA) is 107 Å². The summed E-state index contributed by atoms with van der Waals surface area (Å²) in [5.41, 5.74) is 0. The highest BCUT2D eigenvalue weighted by Gasteiger charge is 2.23. The van der Waals surface area contributed by atoms with Gasteiger partial charge in [0.05, 0.1) is 0 Å². The molecule has 0 aliphatic carbocycles. The van der Waals surface area contributed by atoms with Gasteiger partial charge in [-0.25, -0.2) is 9.59 Å². The molecule has 0 aliphatic heterocycles. The summed E-state index contributed by atoms with van der Waals surface area (Å²) < 4.78 is 0. The summed E-state index contributed by atoms with van der Waals surface area (Å²) in [7, 11) is 0. The van der Waals surface area contributed by atoms with Crippen molar-refractivity contribution in [2.75, 3.05) is 13.1 Å². The van der Waals surface area contributed by atoms with Gasteiger partial charge in [0.1, 0.15) is 6.04 Å². The molecule has 0 spiro atoms. The second-order valence-corrected chi connectivity index (χ2v) is 4.01. The van der Waals surface area contributed by atoms with E-state index in [1.54, 1.807) is 6.08 Å². The van der Waals surface area contributed by atoms with Crippen LogP contribution in [-0.2, 0) is 9.59 Å². The van der Waals surface area contributed by atoms with Gasteiger partial charge in [-0.1, -0.05) is 13.0 Å². The van der Waals surface area contributed by atoms with Gasteiger partial charge in [0, 0.05) is 19.5 Å². The molecule has 0 saturated carbocycles. The number of rotatable bonds is 9. The number of amides is 2. The molecule has 0 rings (SSSR count). The Labute approximate surface area is 111 Å². The standard InChI is InChI=1S/C12H20N2O5/c1-3-7-14(8-4-2)12(19)13-9(11(17)18)5-6-10(15)16/h3,9H,1,4-8H2,2H3,(H,13,19)(H,15,16)(H,17,18). The van der Waals surface area contributed by atoms with Crippen molar-refractivity contribution in [3.05, 3.63) is 12.7 Å². The summed E-state index contributed by atoms with van der Waals surface area (Å²) in [5.74, 6) is -2.35. The maximum Gasteiger partial charge on any atom is 0.326 e. The lowest BCUT2D eigenvalue weighted by Gasteiger charge is -2.23. The van der Waals surface area contributed by atoms with Crippen LogP contribution in [0.15, 0.2) is 12.7 Å². The van der Waals surface area contributed by atoms with Crippen LogP contribution in [0.5, 0.6) is 0 Å². The summed E-state index contributed by atoms with van der Waals surface area (Å²) in [6.07, 6.45) is 1.81. The van der Waals surface area contributed by atoms with Crippen molar-refractivity contribution in [2.45, 2.75) is 32.2 Å². The Morgan fingerprint density at radius 3 is 2.42 bits per heavy atom. The molecule has 0 aliphatic rings. The zero-order valence-corrected chi connectivity index (χ0v) is 11.0. The van der Waals surface area contributed by atoms with Gasteiger partial charge in [-0.2, -0.15) is 0 Å². The summed E-state index contributed by atoms with van der Waals surface area (Å²) >= 11 is 0. The number of nitrogens with zero attached hydrogens (tertiary/aromatic N) is 1. The van der Waals surface area contributed by atoms with Crippen LogP contribution in [0.2, 0.25) is 0 Å². The average molecular weight is 272 g/mol. The van der Waals surface area contributed by atoms with Gasteiger partial charge in [0.15, 0.2) is 0 Å². The van der Waals surface area contributed by atoms with Crippen molar-refractivity contribution in [3.8, 4) is 0 Å². The first-order valence-corrected chi connectivity index (χ1v) is 6.03. The molecule has 7 nitrogen and oxygen atoms in total. The lowest BCUT2D eigenvalue weighted by atomic mass is 10.1. The molecule has 0 saturated heterocycles. The molecule has 0 aromatic carbocycles. The Morgan fingerprint density at radius 1 is 1.37 bits per heavy atom. The van der Waals surface area contributed by atoms with Crippen molar-refractivity contribution >= 4 is 18.0 Å². The monoisotopic (exact) mass is 272 g/mol. The Balaban J connectivity index is 4.54. The molecule has 7 heteroatoms. The lowest BCUT2D eigenvalue weighted by molar-refractivity contribution is -0.140. The smallest absolute Gasteiger partial charge is 0.326 e. The zero-order valence-electron chi connectivity index (χ0n) is 11.0. The average Bonchev–Trinajstić information content (AvgIpc) is 2.33. The van der Waals surface area contributed by atoms with E-state index in [4.69, 9.17) is 10.2 Å². The third-order valence-corrected chi connectivity index (χ3v) is 2.37. The molecule has 19 heavy (non-hydrogen) atoms. The number of urea groups is 1. The van der Waals surface area contributed by atoms with E-state index >= 15 is 0 Å². The summed E-state index contributed by atoms with van der Waals surface area (Å²) in [6, 6.07) is -1.73. The van der Waals surface area contributed by atoms with E-state index < -0.39 is 24.0 Å². The number of carboxylic acid groups (broad SMARTS) is 2. The molecule has 0 bridgehead atoms. The van der Waals surface area contributed by atoms with Crippen molar-refractivity contribution in [1.29, 1.82) is 0 Å². The largest absolute Gasteiger partial charge is 0.481 e. The fraction of sp³-hybridized carbons (Fsp3) is 0.583. The second-order valence-electron chi connectivity index (χ2n) is 4.01. The van der Waals surface area contributed by atoms with Crippen LogP contribution in [0, 0.1) is 0 Å². The Morgan fingerprint density at radius 2 is 2.00 bits per heavy atom. The number of carbonyl (C=O) groups excluding carboxylic acids is 1. The molecule has 1 unspecified atom stereocenters. The van der Waals surface area contributed by atoms with Crippen molar-refractivity contribution in [2.24, 2.45) is 0 Å². The lowest BCUT2D eigenvalue weighted by Crippen LogP contribution is -2.48. The third-order valence-electron chi connectivity index (χ3n) is 2.37. The van der Waals surface area contributed by atoms with Crippen LogP contribution in [0.4, 0.5) is 4.79 Å². The highest BCUT2D eigenvalue weighted by Crippen LogP contribution is 2.01. The third kappa shape index (κ3) is 7.07. The number of nitrogens with one attached hydrogen (secondary N) is 1. The molecule has 0 heterocycles. The fourth-order valence-electron chi connectivity index (χ4n) is 1.47. The van der Waals surface area contributed by atoms with Crippen LogP contribution in [0.1, 0.15) is 26.2 Å². The molecule has 1 atom stereocenters. The minimum absolute atomic E-state index is 0.148. The molecule has 108 valence electrons. The van der Waals surface area contributed by atoms with Crippen LogP contribution in [0.3, 0.4) is 0 Å². The molecule has 0 aromatic heterocycles. The maximum atomic E-state index is 11.8. The SMILES string of the molecule is C=CCN(CCC)C(=O)NC(CCC(=O)O)C(=O)O. The second kappa shape index (κ2) is 8.96. The van der Waals surface area contributed by atoms with Gasteiger partial charge in [0.25, 0.3) is 0 Å². The number of aliphatic carboxylic acids is 2. The van der Waals surface area contributed by atoms with Gasteiger partial charge >= 0.3 is 18.0 Å². The van der Waals surface area contributed by atoms with Gasteiger partial charge in [-0.15, -0.1) is 6.58 Å². The van der Waals surface area contributed by atoms with E-state index in [2.05, 4.69) is 11.9 Å². The van der Waals surface area contributed by atoms with Crippen molar-refractivity contribution in [1.82, 2.24) is 10.2 Å². The highest BCUT2D eigenvalue weighted by molar-refractivity contribution is 5.83. The summed E-state index contributed by atoms with van der Waals surface area (Å²) in [5, 5.41) is 19.8. The quantitative estimate of drug-likeness (QED) is 0.541. The number of hydrogen-bond acceptors (Lipinski definition) is 3. The summed E-state index contributed by atoms with van der Waals surface area (Å²) in [6.45, 7) is 6.20. The van der Waals surface area contributed by atoms with Gasteiger partial charge in [-0.3, -0.25) is 4.79 Å². The minimum Gasteiger partial charge on any atom is -0.481 e. The molecule has 0 fully saturated rings. The first-order valence-electron chi connectivity index (χ1n) is 6.03. The molecule has 0 radical (unpaired) electrons. The highest BCUT2D eigenvalue weighted by atomic mass is 16.4. The van der Waals surface area contributed by atoms with E-state index in [9.17, 15) is 14.4 Å². The van der Waals surface area contributed by atoms with E-state index in [1.807, 2.05) is 6.92 Å². The number of carboxylic acids is 2. The Kier molecular flexibility index (Phi) is 7.99. The van der Waals surface area contributed by atoms with Crippen LogP contribution >= 0.6 is 0 Å². The van der Waals surface area contributed by atoms with Crippen molar-refractivity contribution < 1.29 is 24.6 Å². The van der Waals surface area contributed by atoms with Crippen LogP contribution in [-0.4, -0.2) is 52.2 Å². The first kappa shape index (κ1) is 16.9. The van der Waals surface area contributed by atoms with Crippen LogP contribution < -0.4 is 5.32 Å². The van der Waals surface area contributed by atoms with E-state index in [-0.39, 0.29) is 12.8 Å². The number of carbonyl (C=O) groups is 3. The van der Waals surface area contributed by atoms with E-state index in [0.29, 0.717) is 13.1 Å². The Bertz CT molecular complexity index is 343. The molecular formula is C12H20N2O5. The molecular weight excluding hydrogens is 252 g/mol. The zero-order chi connectivity index (χ0) is 14.8. The maximum absolute atomic E-state index is 11.8. The van der Waals surface area contributed by atoms with Gasteiger partial charge in [0.2, 0.25) is 0 Å². The molecule has 3 N–H and O–H groups in total. The van der Waals surface area contributed by atoms with E-state index in [0.717, 1.165) is 6.42 Å². The fourth-order valence-corrected chi connectivity index (χ4v) is 1.47. The normalized spacial score (nSPS) is 11.4. The first-order chi connectivity index (χ1) is 8.92. The molecule has 0 aromatic rings. The van der Waals surface area contributed by atoms with Gasteiger partial charge in [-0.05, 0) is 12.8 Å². The predicted octanol–water partition coefficient (Wildman–Crippen LogP) is 0.912. The van der Waals surface area contributed by atoms with E-state index in [1.165, 1.54) is 4.90 Å². The predicted molar refractivity (Wildman–Crippen MR) is 68.9 cm³/mol. The Hall–Kier alpha value is -2.05. The van der Waals surface area contributed by atoms with Crippen LogP contribution in [0.25, 0.3) is 0 Å². The van der Waals surface area contributed by atoms with Gasteiger partial charge < -0.3 is 20.4 Å². The summed E-state index contributed by atoms with van der Waals surface area (Å²) in [4.78, 5) is 34.6. The number of hydrogen-bond donors (Lipinski definition) is 3.